The zero-order valence-corrected chi connectivity index (χ0v) is 57.9. The van der Waals surface area contributed by atoms with E-state index in [1.165, 1.54) is 161 Å². The van der Waals surface area contributed by atoms with Crippen molar-refractivity contribution >= 4 is 39.5 Å². The zero-order chi connectivity index (χ0) is 64.2. The maximum Gasteiger partial charge on any atom is 0.472 e. The molecule has 516 valence electrons. The molecule has 0 aromatic carbocycles. The lowest BCUT2D eigenvalue weighted by atomic mass is 9.99. The minimum absolute atomic E-state index is 0.107. The first-order chi connectivity index (χ1) is 42.1. The Balaban J connectivity index is 5.21. The standard InChI is InChI=1S/C68H132O17P2/c1-6-10-13-16-19-21-23-25-26-27-28-30-32-39-44-49-54-68(73)85-64(58-79-66(71)52-47-42-37-34-33-36-40-45-50-61(5)9-4)60-83-87(76,77)81-56-62(69)55-80-86(74,75)82-59-63(57-78-65(70)51-46-41-35-18-15-12-8-3)84-67(72)53-48-43-38-31-29-24-22-20-17-14-11-7-2/h61-64,69H,6-60H2,1-5H3,(H,74,75)(H,76,77)/t61?,62-,63+,64+/m0/s1. The fourth-order valence-electron chi connectivity index (χ4n) is 10.3. The van der Waals surface area contributed by atoms with Gasteiger partial charge in [0.2, 0.25) is 0 Å². The molecular formula is C68H132O17P2. The van der Waals surface area contributed by atoms with E-state index in [0.717, 1.165) is 109 Å². The molecule has 6 atom stereocenters. The third-order valence-electron chi connectivity index (χ3n) is 16.1. The van der Waals surface area contributed by atoms with E-state index >= 15 is 0 Å². The number of esters is 4. The van der Waals surface area contributed by atoms with Crippen molar-refractivity contribution < 1.29 is 80.2 Å². The number of rotatable bonds is 68. The van der Waals surface area contributed by atoms with Gasteiger partial charge in [0, 0.05) is 25.7 Å². The number of carbonyl (C=O) groups excluding carboxylic acids is 4. The van der Waals surface area contributed by atoms with Crippen LogP contribution in [0.25, 0.3) is 0 Å². The van der Waals surface area contributed by atoms with E-state index < -0.39 is 97.5 Å². The van der Waals surface area contributed by atoms with E-state index in [9.17, 15) is 43.2 Å². The number of carbonyl (C=O) groups is 4. The number of hydrogen-bond donors (Lipinski definition) is 3. The van der Waals surface area contributed by atoms with Gasteiger partial charge in [0.1, 0.15) is 19.3 Å². The van der Waals surface area contributed by atoms with E-state index in [-0.39, 0.29) is 25.7 Å². The van der Waals surface area contributed by atoms with Crippen LogP contribution in [-0.4, -0.2) is 96.7 Å². The van der Waals surface area contributed by atoms with Gasteiger partial charge < -0.3 is 33.8 Å². The molecule has 0 spiro atoms. The molecule has 17 nitrogen and oxygen atoms in total. The second-order valence-corrected chi connectivity index (χ2v) is 27.7. The molecule has 0 saturated carbocycles. The van der Waals surface area contributed by atoms with Crippen LogP contribution in [0.5, 0.6) is 0 Å². The highest BCUT2D eigenvalue weighted by Gasteiger charge is 2.30. The highest BCUT2D eigenvalue weighted by atomic mass is 31.2. The molecule has 0 amide bonds. The van der Waals surface area contributed by atoms with Gasteiger partial charge in [-0.25, -0.2) is 9.13 Å². The fraction of sp³-hybridized carbons (Fsp3) is 0.941. The van der Waals surface area contributed by atoms with Crippen molar-refractivity contribution in [2.45, 2.75) is 368 Å². The predicted octanol–water partition coefficient (Wildman–Crippen LogP) is 19.4. The number of unbranched alkanes of at least 4 members (excludes halogenated alkanes) is 39. The summed E-state index contributed by atoms with van der Waals surface area (Å²) in [5, 5.41) is 10.6. The molecule has 0 heterocycles. The second-order valence-electron chi connectivity index (χ2n) is 24.8. The SMILES string of the molecule is CCCCCCCCCCCCCCCCCCC(=O)O[C@H](COC(=O)CCCCCCCCCCC(C)CC)COP(=O)(O)OC[C@@H](O)COP(=O)(O)OC[C@@H](COC(=O)CCCCCCCCC)OC(=O)CCCCCCCCCCCCCC. The number of hydrogen-bond acceptors (Lipinski definition) is 15. The van der Waals surface area contributed by atoms with Crippen molar-refractivity contribution in [3.05, 3.63) is 0 Å². The number of phosphoric acid groups is 2. The van der Waals surface area contributed by atoms with E-state index in [1.54, 1.807) is 0 Å². The molecule has 3 N–H and O–H groups in total. The van der Waals surface area contributed by atoms with E-state index in [2.05, 4.69) is 34.6 Å². The van der Waals surface area contributed by atoms with Crippen LogP contribution >= 0.6 is 15.6 Å². The van der Waals surface area contributed by atoms with Gasteiger partial charge in [-0.15, -0.1) is 0 Å². The molecular weight excluding hydrogens is 1150 g/mol. The third kappa shape index (κ3) is 61.3. The monoisotopic (exact) mass is 1280 g/mol. The lowest BCUT2D eigenvalue weighted by Gasteiger charge is -2.21. The summed E-state index contributed by atoms with van der Waals surface area (Å²) in [6, 6.07) is 0. The van der Waals surface area contributed by atoms with Crippen LogP contribution in [-0.2, 0) is 65.4 Å². The lowest BCUT2D eigenvalue weighted by Crippen LogP contribution is -2.30. The molecule has 0 radical (unpaired) electrons. The Morgan fingerprint density at radius 1 is 0.322 bits per heavy atom. The quantitative estimate of drug-likeness (QED) is 0.0222. The molecule has 87 heavy (non-hydrogen) atoms. The Kier molecular flexibility index (Phi) is 60.2. The first-order valence-electron chi connectivity index (χ1n) is 35.7. The highest BCUT2D eigenvalue weighted by Crippen LogP contribution is 2.45. The van der Waals surface area contributed by atoms with Crippen LogP contribution in [0, 0.1) is 5.92 Å². The highest BCUT2D eigenvalue weighted by molar-refractivity contribution is 7.47. The molecule has 0 aliphatic rings. The normalized spacial score (nSPS) is 14.4. The van der Waals surface area contributed by atoms with E-state index in [0.29, 0.717) is 25.7 Å². The topological polar surface area (TPSA) is 237 Å². The van der Waals surface area contributed by atoms with E-state index in [4.69, 9.17) is 37.0 Å². The largest absolute Gasteiger partial charge is 0.472 e. The predicted molar refractivity (Wildman–Crippen MR) is 349 cm³/mol. The van der Waals surface area contributed by atoms with Gasteiger partial charge in [-0.2, -0.15) is 0 Å². The van der Waals surface area contributed by atoms with Crippen LogP contribution in [0.4, 0.5) is 0 Å². The van der Waals surface area contributed by atoms with Crippen molar-refractivity contribution in [2.24, 2.45) is 5.92 Å². The smallest absolute Gasteiger partial charge is 0.462 e. The summed E-state index contributed by atoms with van der Waals surface area (Å²) in [6.07, 6.45) is 47.2. The van der Waals surface area contributed by atoms with Gasteiger partial charge in [0.25, 0.3) is 0 Å². The summed E-state index contributed by atoms with van der Waals surface area (Å²) in [7, 11) is -9.89. The van der Waals surface area contributed by atoms with Crippen molar-refractivity contribution in [3.63, 3.8) is 0 Å². The van der Waals surface area contributed by atoms with Crippen LogP contribution in [0.2, 0.25) is 0 Å². The molecule has 19 heteroatoms. The minimum Gasteiger partial charge on any atom is -0.462 e. The summed E-state index contributed by atoms with van der Waals surface area (Å²) >= 11 is 0. The van der Waals surface area contributed by atoms with Crippen molar-refractivity contribution in [2.75, 3.05) is 39.6 Å². The third-order valence-corrected chi connectivity index (χ3v) is 18.0. The van der Waals surface area contributed by atoms with Crippen molar-refractivity contribution in [1.82, 2.24) is 0 Å². The average molecular weight is 1280 g/mol. The summed E-state index contributed by atoms with van der Waals surface area (Å²) in [5.41, 5.74) is 0. The first kappa shape index (κ1) is 85.1. The lowest BCUT2D eigenvalue weighted by molar-refractivity contribution is -0.161. The fourth-order valence-corrected chi connectivity index (χ4v) is 11.8. The van der Waals surface area contributed by atoms with Crippen molar-refractivity contribution in [3.8, 4) is 0 Å². The van der Waals surface area contributed by atoms with Crippen LogP contribution in [0.1, 0.15) is 349 Å². The molecule has 0 aromatic rings. The van der Waals surface area contributed by atoms with Crippen LogP contribution in [0.3, 0.4) is 0 Å². The Labute approximate surface area is 530 Å². The van der Waals surface area contributed by atoms with Crippen LogP contribution in [0.15, 0.2) is 0 Å². The summed E-state index contributed by atoms with van der Waals surface area (Å²) < 4.78 is 68.1. The minimum atomic E-state index is -4.95. The van der Waals surface area contributed by atoms with Crippen LogP contribution < -0.4 is 0 Å². The maximum atomic E-state index is 13.0. The molecule has 0 aromatic heterocycles. The summed E-state index contributed by atoms with van der Waals surface area (Å²) in [5.74, 6) is -1.35. The first-order valence-corrected chi connectivity index (χ1v) is 38.7. The Hall–Kier alpha value is -1.94. The van der Waals surface area contributed by atoms with Gasteiger partial charge in [-0.3, -0.25) is 37.3 Å². The molecule has 0 bridgehead atoms. The van der Waals surface area contributed by atoms with Gasteiger partial charge in [0.05, 0.1) is 26.4 Å². The van der Waals surface area contributed by atoms with Crippen molar-refractivity contribution in [1.29, 1.82) is 0 Å². The maximum absolute atomic E-state index is 13.0. The molecule has 0 saturated heterocycles. The second kappa shape index (κ2) is 61.6. The number of ether oxygens (including phenoxy) is 4. The summed E-state index contributed by atoms with van der Waals surface area (Å²) in [6.45, 7) is 7.20. The van der Waals surface area contributed by atoms with E-state index in [1.807, 2.05) is 0 Å². The Morgan fingerprint density at radius 2 is 0.552 bits per heavy atom. The van der Waals surface area contributed by atoms with Gasteiger partial charge in [-0.1, -0.05) is 298 Å². The number of aliphatic hydroxyl groups is 1. The Morgan fingerprint density at radius 3 is 0.816 bits per heavy atom. The Bertz CT molecular complexity index is 1690. The molecule has 0 aliphatic heterocycles. The molecule has 0 aliphatic carbocycles. The van der Waals surface area contributed by atoms with Gasteiger partial charge in [0.15, 0.2) is 12.2 Å². The zero-order valence-electron chi connectivity index (χ0n) is 56.2. The number of aliphatic hydroxyl groups excluding tert-OH is 1. The van der Waals surface area contributed by atoms with Gasteiger partial charge in [-0.05, 0) is 31.6 Å². The molecule has 0 fully saturated rings. The molecule has 3 unspecified atom stereocenters. The average Bonchev–Trinajstić information content (AvgIpc) is 3.65. The summed E-state index contributed by atoms with van der Waals surface area (Å²) in [4.78, 5) is 72.3. The molecule has 0 rings (SSSR count). The number of phosphoric ester groups is 2. The van der Waals surface area contributed by atoms with Gasteiger partial charge >= 0.3 is 39.5 Å².